The van der Waals surface area contributed by atoms with Gasteiger partial charge in [0.2, 0.25) is 0 Å². The zero-order valence-electron chi connectivity index (χ0n) is 12.9. The Balaban J connectivity index is 2.29. The minimum absolute atomic E-state index is 0.207. The first-order valence-corrected chi connectivity index (χ1v) is 7.14. The van der Waals surface area contributed by atoms with Gasteiger partial charge in [0.1, 0.15) is 11.3 Å². The quantitative estimate of drug-likeness (QED) is 0.800. The van der Waals surface area contributed by atoms with Crippen molar-refractivity contribution in [3.63, 3.8) is 0 Å². The smallest absolute Gasteiger partial charge is 0.339 e. The number of aryl methyl sites for hydroxylation is 1. The molecule has 0 aliphatic rings. The van der Waals surface area contributed by atoms with E-state index in [1.807, 2.05) is 54.6 Å². The van der Waals surface area contributed by atoms with Crippen LogP contribution in [0.15, 0.2) is 54.6 Å². The Morgan fingerprint density at radius 2 is 1.87 bits per heavy atom. The number of ether oxygens (including phenoxy) is 1. The number of carbonyl (C=O) groups is 1. The Morgan fingerprint density at radius 1 is 1.13 bits per heavy atom. The number of hydrogen-bond acceptors (Lipinski definition) is 3. The SMILES string of the molecule is COc1cccc(-n2nc(C)c(C(=O)O)c2-c2ccccc2)c1. The molecule has 0 aliphatic heterocycles. The maximum atomic E-state index is 11.7. The standard InChI is InChI=1S/C18H16N2O3/c1-12-16(18(21)22)17(13-7-4-3-5-8-13)20(19-12)14-9-6-10-15(11-14)23-2/h3-11H,1-2H3,(H,21,22). The summed E-state index contributed by atoms with van der Waals surface area (Å²) in [6, 6.07) is 16.8. The number of aromatic nitrogens is 2. The number of carboxylic acid groups (broad SMARTS) is 1. The lowest BCUT2D eigenvalue weighted by Crippen LogP contribution is -2.03. The molecule has 0 aliphatic carbocycles. The van der Waals surface area contributed by atoms with E-state index in [1.54, 1.807) is 18.7 Å². The number of rotatable bonds is 4. The lowest BCUT2D eigenvalue weighted by atomic mass is 10.1. The molecule has 0 saturated heterocycles. The highest BCUT2D eigenvalue weighted by Crippen LogP contribution is 2.30. The third kappa shape index (κ3) is 2.68. The number of nitrogens with zero attached hydrogens (tertiary/aromatic N) is 2. The first kappa shape index (κ1) is 14.8. The maximum absolute atomic E-state index is 11.7. The Hall–Kier alpha value is -3.08. The van der Waals surface area contributed by atoms with E-state index in [0.717, 1.165) is 11.3 Å². The molecule has 1 heterocycles. The fraction of sp³-hybridized carbons (Fsp3) is 0.111. The molecule has 0 fully saturated rings. The van der Waals surface area contributed by atoms with Crippen LogP contribution in [0.5, 0.6) is 5.75 Å². The minimum Gasteiger partial charge on any atom is -0.497 e. The number of carboxylic acids is 1. The highest BCUT2D eigenvalue weighted by Gasteiger charge is 2.23. The molecule has 0 bridgehead atoms. The van der Waals surface area contributed by atoms with Crippen molar-refractivity contribution < 1.29 is 14.6 Å². The lowest BCUT2D eigenvalue weighted by molar-refractivity contribution is 0.0697. The summed E-state index contributed by atoms with van der Waals surface area (Å²) in [5.74, 6) is -0.304. The summed E-state index contributed by atoms with van der Waals surface area (Å²) in [6.07, 6.45) is 0. The van der Waals surface area contributed by atoms with Crippen LogP contribution in [0.3, 0.4) is 0 Å². The van der Waals surface area contributed by atoms with Gasteiger partial charge in [0.05, 0.1) is 24.2 Å². The molecule has 0 spiro atoms. The molecule has 0 unspecified atom stereocenters. The average molecular weight is 308 g/mol. The average Bonchev–Trinajstić information content (AvgIpc) is 2.93. The number of aromatic carboxylic acids is 1. The minimum atomic E-state index is -0.990. The van der Waals surface area contributed by atoms with Crippen LogP contribution in [-0.4, -0.2) is 28.0 Å². The Labute approximate surface area is 133 Å². The molecule has 3 rings (SSSR count). The van der Waals surface area contributed by atoms with Crippen LogP contribution in [0.1, 0.15) is 16.1 Å². The van der Waals surface area contributed by atoms with Gasteiger partial charge in [-0.3, -0.25) is 0 Å². The molecule has 0 atom stereocenters. The van der Waals surface area contributed by atoms with E-state index in [2.05, 4.69) is 5.10 Å². The molecule has 3 aromatic rings. The Kier molecular flexibility index (Phi) is 3.85. The topological polar surface area (TPSA) is 64.4 Å². The third-order valence-electron chi connectivity index (χ3n) is 3.62. The van der Waals surface area contributed by atoms with Crippen LogP contribution in [-0.2, 0) is 0 Å². The highest BCUT2D eigenvalue weighted by atomic mass is 16.5. The van der Waals surface area contributed by atoms with Gasteiger partial charge in [-0.1, -0.05) is 36.4 Å². The first-order chi connectivity index (χ1) is 11.1. The second-order valence-corrected chi connectivity index (χ2v) is 5.09. The van der Waals surface area contributed by atoms with Crippen LogP contribution in [0.25, 0.3) is 16.9 Å². The van der Waals surface area contributed by atoms with E-state index >= 15 is 0 Å². The van der Waals surface area contributed by atoms with Crippen LogP contribution >= 0.6 is 0 Å². The van der Waals surface area contributed by atoms with Crippen LogP contribution in [0, 0.1) is 6.92 Å². The van der Waals surface area contributed by atoms with Gasteiger partial charge in [0, 0.05) is 11.6 Å². The summed E-state index contributed by atoms with van der Waals surface area (Å²) >= 11 is 0. The van der Waals surface area contributed by atoms with Crippen molar-refractivity contribution in [2.45, 2.75) is 6.92 Å². The molecule has 1 N–H and O–H groups in total. The van der Waals surface area contributed by atoms with Gasteiger partial charge >= 0.3 is 5.97 Å². The van der Waals surface area contributed by atoms with Crippen molar-refractivity contribution in [3.05, 3.63) is 65.9 Å². The molecule has 1 aromatic heterocycles. The van der Waals surface area contributed by atoms with Crippen molar-refractivity contribution in [2.75, 3.05) is 7.11 Å². The number of benzene rings is 2. The predicted octanol–water partition coefficient (Wildman–Crippen LogP) is 3.55. The molecule has 5 heteroatoms. The molecular weight excluding hydrogens is 292 g/mol. The zero-order valence-corrected chi connectivity index (χ0v) is 12.9. The van der Waals surface area contributed by atoms with Gasteiger partial charge in [-0.15, -0.1) is 0 Å². The van der Waals surface area contributed by atoms with E-state index in [1.165, 1.54) is 0 Å². The molecule has 0 saturated carbocycles. The lowest BCUT2D eigenvalue weighted by Gasteiger charge is -2.10. The van der Waals surface area contributed by atoms with Gasteiger partial charge < -0.3 is 9.84 Å². The summed E-state index contributed by atoms with van der Waals surface area (Å²) in [5.41, 5.74) is 2.79. The van der Waals surface area contributed by atoms with Crippen molar-refractivity contribution in [1.29, 1.82) is 0 Å². The van der Waals surface area contributed by atoms with E-state index in [0.29, 0.717) is 17.1 Å². The monoisotopic (exact) mass is 308 g/mol. The van der Waals surface area contributed by atoms with Gasteiger partial charge in [0.25, 0.3) is 0 Å². The highest BCUT2D eigenvalue weighted by molar-refractivity contribution is 5.96. The van der Waals surface area contributed by atoms with Crippen molar-refractivity contribution in [1.82, 2.24) is 9.78 Å². The van der Waals surface area contributed by atoms with Gasteiger partial charge in [-0.05, 0) is 19.1 Å². The molecule has 0 amide bonds. The Bertz CT molecular complexity index is 854. The molecule has 23 heavy (non-hydrogen) atoms. The van der Waals surface area contributed by atoms with E-state index in [-0.39, 0.29) is 5.56 Å². The van der Waals surface area contributed by atoms with E-state index < -0.39 is 5.97 Å². The molecular formula is C18H16N2O3. The van der Waals surface area contributed by atoms with Gasteiger partial charge in [0.15, 0.2) is 0 Å². The van der Waals surface area contributed by atoms with Crippen molar-refractivity contribution in [2.24, 2.45) is 0 Å². The normalized spacial score (nSPS) is 10.5. The number of methoxy groups -OCH3 is 1. The second-order valence-electron chi connectivity index (χ2n) is 5.09. The molecule has 2 aromatic carbocycles. The molecule has 116 valence electrons. The summed E-state index contributed by atoms with van der Waals surface area (Å²) in [5, 5.41) is 14.0. The second kappa shape index (κ2) is 5.96. The fourth-order valence-electron chi connectivity index (χ4n) is 2.58. The number of hydrogen-bond donors (Lipinski definition) is 1. The van der Waals surface area contributed by atoms with Crippen LogP contribution in [0.2, 0.25) is 0 Å². The first-order valence-electron chi connectivity index (χ1n) is 7.14. The zero-order chi connectivity index (χ0) is 16.4. The summed E-state index contributed by atoms with van der Waals surface area (Å²) in [7, 11) is 1.59. The third-order valence-corrected chi connectivity index (χ3v) is 3.62. The van der Waals surface area contributed by atoms with Crippen molar-refractivity contribution in [3.8, 4) is 22.7 Å². The molecule has 0 radical (unpaired) electrons. The van der Waals surface area contributed by atoms with Crippen LogP contribution < -0.4 is 4.74 Å². The van der Waals surface area contributed by atoms with Gasteiger partial charge in [-0.25, -0.2) is 9.48 Å². The Morgan fingerprint density at radius 3 is 2.52 bits per heavy atom. The fourth-order valence-corrected chi connectivity index (χ4v) is 2.58. The summed E-state index contributed by atoms with van der Waals surface area (Å²) in [4.78, 5) is 11.7. The molecule has 5 nitrogen and oxygen atoms in total. The van der Waals surface area contributed by atoms with E-state index in [9.17, 15) is 9.90 Å². The van der Waals surface area contributed by atoms with E-state index in [4.69, 9.17) is 4.74 Å². The summed E-state index contributed by atoms with van der Waals surface area (Å²) in [6.45, 7) is 1.70. The predicted molar refractivity (Wildman–Crippen MR) is 87.2 cm³/mol. The van der Waals surface area contributed by atoms with Crippen molar-refractivity contribution >= 4 is 5.97 Å². The summed E-state index contributed by atoms with van der Waals surface area (Å²) < 4.78 is 6.90. The van der Waals surface area contributed by atoms with Crippen LogP contribution in [0.4, 0.5) is 0 Å². The maximum Gasteiger partial charge on any atom is 0.339 e. The van der Waals surface area contributed by atoms with Gasteiger partial charge in [-0.2, -0.15) is 5.10 Å². The largest absolute Gasteiger partial charge is 0.497 e.